The summed E-state index contributed by atoms with van der Waals surface area (Å²) in [5.41, 5.74) is 5.86. The monoisotopic (exact) mass is 284 g/mol. The van der Waals surface area contributed by atoms with Crippen molar-refractivity contribution in [3.8, 4) is 0 Å². The Morgan fingerprint density at radius 3 is 2.65 bits per heavy atom. The minimum atomic E-state index is -0.506. The molecule has 0 aromatic carbocycles. The van der Waals surface area contributed by atoms with Gasteiger partial charge in [-0.3, -0.25) is 14.5 Å². The number of likely N-dealkylation sites (tertiary alicyclic amines) is 1. The number of likely N-dealkylation sites (N-methyl/N-ethyl adjacent to an activating group) is 1. The molecule has 7 nitrogen and oxygen atoms in total. The molecule has 0 bridgehead atoms. The van der Waals surface area contributed by atoms with Gasteiger partial charge in [-0.25, -0.2) is 0 Å². The summed E-state index contributed by atoms with van der Waals surface area (Å²) in [5, 5.41) is 2.59. The van der Waals surface area contributed by atoms with Crippen LogP contribution in [0.2, 0.25) is 0 Å². The predicted octanol–water partition coefficient (Wildman–Crippen LogP) is -1.62. The Kier molecular flexibility index (Phi) is 5.33. The smallest absolute Gasteiger partial charge is 0.244 e. The second-order valence-corrected chi connectivity index (χ2v) is 5.41. The zero-order valence-corrected chi connectivity index (χ0v) is 12.0. The third-order valence-electron chi connectivity index (χ3n) is 3.99. The van der Waals surface area contributed by atoms with E-state index in [0.29, 0.717) is 19.7 Å². The van der Waals surface area contributed by atoms with Gasteiger partial charge in [-0.1, -0.05) is 0 Å². The van der Waals surface area contributed by atoms with E-state index >= 15 is 0 Å². The van der Waals surface area contributed by atoms with Crippen LogP contribution in [0.4, 0.5) is 0 Å². The molecule has 20 heavy (non-hydrogen) atoms. The van der Waals surface area contributed by atoms with Crippen molar-refractivity contribution in [1.29, 1.82) is 0 Å². The second-order valence-electron chi connectivity index (χ2n) is 5.41. The fourth-order valence-corrected chi connectivity index (χ4v) is 2.68. The topological polar surface area (TPSA) is 87.9 Å². The van der Waals surface area contributed by atoms with Crippen molar-refractivity contribution in [3.63, 3.8) is 0 Å². The summed E-state index contributed by atoms with van der Waals surface area (Å²) in [6.45, 7) is 3.30. The molecule has 1 unspecified atom stereocenters. The highest BCUT2D eigenvalue weighted by Gasteiger charge is 2.33. The number of hydrogen-bond acceptors (Lipinski definition) is 5. The van der Waals surface area contributed by atoms with Crippen molar-refractivity contribution in [2.75, 3.05) is 46.4 Å². The van der Waals surface area contributed by atoms with Crippen molar-refractivity contribution >= 4 is 11.8 Å². The molecular formula is C13H24N4O3. The third kappa shape index (κ3) is 3.68. The van der Waals surface area contributed by atoms with Gasteiger partial charge in [-0.2, -0.15) is 0 Å². The van der Waals surface area contributed by atoms with Gasteiger partial charge in [0.2, 0.25) is 11.8 Å². The molecule has 2 aliphatic rings. The molecule has 0 spiro atoms. The van der Waals surface area contributed by atoms with Gasteiger partial charge >= 0.3 is 0 Å². The summed E-state index contributed by atoms with van der Waals surface area (Å²) in [5.74, 6) is -0.170. The van der Waals surface area contributed by atoms with E-state index in [-0.39, 0.29) is 24.5 Å². The summed E-state index contributed by atoms with van der Waals surface area (Å²) in [6, 6.07) is -0.253. The van der Waals surface area contributed by atoms with E-state index in [1.54, 1.807) is 11.9 Å². The average molecular weight is 284 g/mol. The van der Waals surface area contributed by atoms with E-state index in [9.17, 15) is 9.59 Å². The fourth-order valence-electron chi connectivity index (χ4n) is 2.68. The molecule has 7 heteroatoms. The highest BCUT2D eigenvalue weighted by Crippen LogP contribution is 2.11. The summed E-state index contributed by atoms with van der Waals surface area (Å²) < 4.78 is 5.30. The molecule has 2 aliphatic heterocycles. The number of amides is 2. The zero-order valence-electron chi connectivity index (χ0n) is 12.0. The van der Waals surface area contributed by atoms with Gasteiger partial charge in [0, 0.05) is 32.7 Å². The molecule has 0 radical (unpaired) electrons. The number of morpholine rings is 1. The first kappa shape index (κ1) is 15.2. The fraction of sp³-hybridized carbons (Fsp3) is 0.846. The lowest BCUT2D eigenvalue weighted by atomic mass is 10.1. The molecule has 3 N–H and O–H groups in total. The standard InChI is InChI=1S/C13H24N4O3/c1-15-13(19)11-9-20-7-6-17(11)12(18)8-16-4-2-10(14)3-5-16/h10-11H,2-9,14H2,1H3,(H,15,19). The van der Waals surface area contributed by atoms with Crippen molar-refractivity contribution < 1.29 is 14.3 Å². The van der Waals surface area contributed by atoms with Crippen LogP contribution >= 0.6 is 0 Å². The van der Waals surface area contributed by atoms with E-state index in [1.807, 2.05) is 0 Å². The van der Waals surface area contributed by atoms with Gasteiger partial charge in [-0.15, -0.1) is 0 Å². The maximum absolute atomic E-state index is 12.4. The van der Waals surface area contributed by atoms with E-state index < -0.39 is 6.04 Å². The SMILES string of the molecule is CNC(=O)C1COCCN1C(=O)CN1CCC(N)CC1. The molecule has 2 amide bonds. The lowest BCUT2D eigenvalue weighted by Crippen LogP contribution is -2.57. The van der Waals surface area contributed by atoms with Gasteiger partial charge in [-0.05, 0) is 12.8 Å². The third-order valence-corrected chi connectivity index (χ3v) is 3.99. The Morgan fingerprint density at radius 2 is 2.00 bits per heavy atom. The second kappa shape index (κ2) is 7.01. The van der Waals surface area contributed by atoms with Gasteiger partial charge in [0.1, 0.15) is 6.04 Å². The van der Waals surface area contributed by atoms with E-state index in [4.69, 9.17) is 10.5 Å². The molecule has 0 aromatic heterocycles. The maximum atomic E-state index is 12.4. The minimum Gasteiger partial charge on any atom is -0.377 e. The summed E-state index contributed by atoms with van der Waals surface area (Å²) in [7, 11) is 1.58. The minimum absolute atomic E-state index is 0.00243. The number of carbonyl (C=O) groups excluding carboxylic acids is 2. The molecule has 1 atom stereocenters. The first-order chi connectivity index (χ1) is 9.61. The molecule has 0 aromatic rings. The van der Waals surface area contributed by atoms with Gasteiger partial charge < -0.3 is 20.7 Å². The van der Waals surface area contributed by atoms with Crippen LogP contribution in [0.5, 0.6) is 0 Å². The van der Waals surface area contributed by atoms with E-state index in [2.05, 4.69) is 10.2 Å². The van der Waals surface area contributed by atoms with Gasteiger partial charge in [0.05, 0.1) is 19.8 Å². The zero-order chi connectivity index (χ0) is 14.5. The Morgan fingerprint density at radius 1 is 1.30 bits per heavy atom. The Bertz CT molecular complexity index is 356. The summed E-state index contributed by atoms with van der Waals surface area (Å²) in [6.07, 6.45) is 1.85. The van der Waals surface area contributed by atoms with Crippen LogP contribution in [-0.2, 0) is 14.3 Å². The Hall–Kier alpha value is -1.18. The quantitative estimate of drug-likeness (QED) is 0.650. The normalized spacial score (nSPS) is 25.5. The molecule has 2 rings (SSSR count). The largest absolute Gasteiger partial charge is 0.377 e. The average Bonchev–Trinajstić information content (AvgIpc) is 2.48. The molecule has 2 saturated heterocycles. The lowest BCUT2D eigenvalue weighted by molar-refractivity contribution is -0.149. The highest BCUT2D eigenvalue weighted by molar-refractivity contribution is 5.88. The van der Waals surface area contributed by atoms with Crippen LogP contribution in [-0.4, -0.2) is 80.1 Å². The van der Waals surface area contributed by atoms with E-state index in [1.165, 1.54) is 0 Å². The van der Waals surface area contributed by atoms with Crippen LogP contribution in [0.3, 0.4) is 0 Å². The number of nitrogens with two attached hydrogens (primary N) is 1. The lowest BCUT2D eigenvalue weighted by Gasteiger charge is -2.37. The van der Waals surface area contributed by atoms with Gasteiger partial charge in [0.25, 0.3) is 0 Å². The molecule has 0 aliphatic carbocycles. The van der Waals surface area contributed by atoms with Crippen LogP contribution in [0, 0.1) is 0 Å². The first-order valence-corrected chi connectivity index (χ1v) is 7.18. The van der Waals surface area contributed by atoms with Crippen molar-refractivity contribution in [2.24, 2.45) is 5.73 Å². The summed E-state index contributed by atoms with van der Waals surface area (Å²) >= 11 is 0. The van der Waals surface area contributed by atoms with Crippen molar-refractivity contribution in [3.05, 3.63) is 0 Å². The predicted molar refractivity (Wildman–Crippen MR) is 74.0 cm³/mol. The van der Waals surface area contributed by atoms with E-state index in [0.717, 1.165) is 25.9 Å². The van der Waals surface area contributed by atoms with Crippen LogP contribution in [0.25, 0.3) is 0 Å². The van der Waals surface area contributed by atoms with Crippen molar-refractivity contribution in [1.82, 2.24) is 15.1 Å². The number of rotatable bonds is 3. The van der Waals surface area contributed by atoms with Crippen molar-refractivity contribution in [2.45, 2.75) is 24.9 Å². The molecule has 2 heterocycles. The number of hydrogen-bond donors (Lipinski definition) is 2. The Labute approximate surface area is 119 Å². The highest BCUT2D eigenvalue weighted by atomic mass is 16.5. The number of piperidine rings is 1. The van der Waals surface area contributed by atoms with Crippen LogP contribution < -0.4 is 11.1 Å². The first-order valence-electron chi connectivity index (χ1n) is 7.18. The number of carbonyl (C=O) groups is 2. The molecule has 0 saturated carbocycles. The maximum Gasteiger partial charge on any atom is 0.244 e. The van der Waals surface area contributed by atoms with Crippen LogP contribution in [0.1, 0.15) is 12.8 Å². The number of ether oxygens (including phenoxy) is 1. The van der Waals surface area contributed by atoms with Gasteiger partial charge in [0.15, 0.2) is 0 Å². The number of nitrogens with zero attached hydrogens (tertiary/aromatic N) is 2. The molecular weight excluding hydrogens is 260 g/mol. The summed E-state index contributed by atoms with van der Waals surface area (Å²) in [4.78, 5) is 27.9. The Balaban J connectivity index is 1.90. The molecule has 2 fully saturated rings. The van der Waals surface area contributed by atoms with Crippen LogP contribution in [0.15, 0.2) is 0 Å². The molecule has 114 valence electrons. The number of nitrogens with one attached hydrogen (secondary N) is 1.